The van der Waals surface area contributed by atoms with Crippen LogP contribution in [0.3, 0.4) is 0 Å². The first-order chi connectivity index (χ1) is 13.0. The lowest BCUT2D eigenvalue weighted by atomic mass is 10.1. The van der Waals surface area contributed by atoms with Crippen molar-refractivity contribution in [3.8, 4) is 47.4 Å². The van der Waals surface area contributed by atoms with Crippen molar-refractivity contribution in [3.63, 3.8) is 0 Å². The summed E-state index contributed by atoms with van der Waals surface area (Å²) < 4.78 is 0. The van der Waals surface area contributed by atoms with Gasteiger partial charge in [-0.3, -0.25) is 25.0 Å². The Balaban J connectivity index is 4.12. The van der Waals surface area contributed by atoms with Crippen LogP contribution >= 0.6 is 0 Å². The molecule has 0 saturated carbocycles. The highest BCUT2D eigenvalue weighted by Crippen LogP contribution is 2.15. The number of hydrogen-bond donors (Lipinski definition) is 0. The quantitative estimate of drug-likeness (QED) is 0.215. The summed E-state index contributed by atoms with van der Waals surface area (Å²) in [6.07, 6.45) is 5.63. The zero-order chi connectivity index (χ0) is 20.4. The van der Waals surface area contributed by atoms with Crippen LogP contribution in [0.25, 0.3) is 0 Å². The van der Waals surface area contributed by atoms with Crippen molar-refractivity contribution in [2.75, 3.05) is 0 Å². The van der Waals surface area contributed by atoms with E-state index in [0.29, 0.717) is 12.8 Å². The average Bonchev–Trinajstić information content (AvgIpc) is 2.64. The number of unbranched alkanes of at least 4 members (excludes halogenated alkanes) is 3. The molecular formula is C20H21N2O5. The van der Waals surface area contributed by atoms with Crippen molar-refractivity contribution in [1.82, 2.24) is 0 Å². The number of nitro groups is 2. The van der Waals surface area contributed by atoms with E-state index in [1.807, 2.05) is 0 Å². The van der Waals surface area contributed by atoms with E-state index in [9.17, 15) is 25.0 Å². The van der Waals surface area contributed by atoms with Crippen molar-refractivity contribution < 1.29 is 14.6 Å². The van der Waals surface area contributed by atoms with Gasteiger partial charge in [0, 0.05) is 12.8 Å². The maximum Gasteiger partial charge on any atom is 0.524 e. The minimum absolute atomic E-state index is 0.171. The van der Waals surface area contributed by atoms with E-state index in [-0.39, 0.29) is 12.8 Å². The first-order valence-corrected chi connectivity index (χ1v) is 8.52. The highest BCUT2D eigenvalue weighted by Gasteiger charge is 2.57. The lowest BCUT2D eigenvalue weighted by molar-refractivity contribution is -0.772. The molecule has 0 heterocycles. The topological polar surface area (TPSA) is 103 Å². The van der Waals surface area contributed by atoms with Gasteiger partial charge in [-0.15, -0.1) is 11.8 Å². The summed E-state index contributed by atoms with van der Waals surface area (Å²) in [4.78, 5) is 29.5. The van der Waals surface area contributed by atoms with E-state index >= 15 is 0 Å². The van der Waals surface area contributed by atoms with E-state index in [2.05, 4.69) is 54.3 Å². The molecule has 0 saturated heterocycles. The smallest absolute Gasteiger partial charge is 0.273 e. The predicted octanol–water partition coefficient (Wildman–Crippen LogP) is 2.89. The molecule has 7 heteroatoms. The molecule has 0 aromatic carbocycles. The normalized spacial score (nSPS) is 9.07. The summed E-state index contributed by atoms with van der Waals surface area (Å²) in [5.74, 6) is 22.6. The molecule has 0 aromatic rings. The van der Waals surface area contributed by atoms with Crippen LogP contribution in [-0.2, 0) is 4.79 Å². The molecule has 0 aliphatic rings. The molecule has 0 N–H and O–H groups in total. The molecule has 27 heavy (non-hydrogen) atoms. The van der Waals surface area contributed by atoms with Crippen LogP contribution in [0, 0.1) is 67.6 Å². The van der Waals surface area contributed by atoms with Crippen molar-refractivity contribution in [1.29, 1.82) is 0 Å². The molecule has 0 amide bonds. The van der Waals surface area contributed by atoms with Crippen molar-refractivity contribution in [3.05, 3.63) is 20.2 Å². The Bertz CT molecular complexity index is 743. The van der Waals surface area contributed by atoms with Crippen LogP contribution in [0.15, 0.2) is 0 Å². The molecule has 0 spiro atoms. The summed E-state index contributed by atoms with van der Waals surface area (Å²) in [6.45, 7) is 2.15. The molecule has 0 bridgehead atoms. The van der Waals surface area contributed by atoms with E-state index < -0.39 is 21.9 Å². The van der Waals surface area contributed by atoms with Crippen LogP contribution in [0.2, 0.25) is 0 Å². The fourth-order valence-corrected chi connectivity index (χ4v) is 1.76. The van der Waals surface area contributed by atoms with E-state index in [1.165, 1.54) is 12.8 Å². The molecule has 141 valence electrons. The Morgan fingerprint density at radius 1 is 0.741 bits per heavy atom. The van der Waals surface area contributed by atoms with Gasteiger partial charge in [0.2, 0.25) is 0 Å². The molecule has 0 aromatic heterocycles. The molecule has 0 aliphatic heterocycles. The monoisotopic (exact) mass is 369 g/mol. The highest BCUT2D eigenvalue weighted by molar-refractivity contribution is 5.60. The number of nitrogens with zero attached hydrogens (tertiary/aromatic N) is 2. The van der Waals surface area contributed by atoms with Gasteiger partial charge in [-0.25, -0.2) is 0 Å². The SMILES string of the molecule is CCCCCC#CCC#CCC#CCC#CCCC([C]=O)([N+](=O)[O-])[N+](=O)[O-]. The van der Waals surface area contributed by atoms with Gasteiger partial charge in [-0.2, -0.15) is 0 Å². The third-order valence-electron chi connectivity index (χ3n) is 3.30. The van der Waals surface area contributed by atoms with Gasteiger partial charge >= 0.3 is 11.9 Å². The lowest BCUT2D eigenvalue weighted by Gasteiger charge is -2.07. The van der Waals surface area contributed by atoms with Crippen LogP contribution < -0.4 is 0 Å². The first kappa shape index (κ1) is 23.7. The fourth-order valence-electron chi connectivity index (χ4n) is 1.76. The lowest BCUT2D eigenvalue weighted by Crippen LogP contribution is -2.47. The number of hydrogen-bond acceptors (Lipinski definition) is 5. The Hall–Kier alpha value is -3.29. The van der Waals surface area contributed by atoms with E-state index in [1.54, 1.807) is 0 Å². The van der Waals surface area contributed by atoms with Gasteiger partial charge in [0.25, 0.3) is 0 Å². The minimum atomic E-state index is -2.95. The van der Waals surface area contributed by atoms with E-state index in [4.69, 9.17) is 0 Å². The molecule has 7 nitrogen and oxygen atoms in total. The third kappa shape index (κ3) is 10.3. The van der Waals surface area contributed by atoms with Gasteiger partial charge in [0.15, 0.2) is 0 Å². The van der Waals surface area contributed by atoms with Gasteiger partial charge < -0.3 is 0 Å². The summed E-state index contributed by atoms with van der Waals surface area (Å²) in [5.41, 5.74) is -2.95. The average molecular weight is 369 g/mol. The zero-order valence-corrected chi connectivity index (χ0v) is 15.3. The van der Waals surface area contributed by atoms with Gasteiger partial charge in [0.1, 0.15) is 16.3 Å². The second-order valence-electron chi connectivity index (χ2n) is 5.33. The maximum atomic E-state index is 10.7. The Kier molecular flexibility index (Phi) is 13.2. The standard InChI is InChI=1S/C20H21N2O5/c1-2-3-4-5-6-7-8-9-10-11-12-13-14-15-16-17-18-20(19-23,21(24)25)22(26)27/h2-5,8,11,14,17-18H2,1H3. The van der Waals surface area contributed by atoms with Gasteiger partial charge in [-0.1, -0.05) is 55.3 Å². The second-order valence-corrected chi connectivity index (χ2v) is 5.33. The van der Waals surface area contributed by atoms with Crippen molar-refractivity contribution in [2.24, 2.45) is 0 Å². The minimum Gasteiger partial charge on any atom is -0.273 e. The first-order valence-electron chi connectivity index (χ1n) is 8.52. The van der Waals surface area contributed by atoms with E-state index in [0.717, 1.165) is 19.1 Å². The fraction of sp³-hybridized carbons (Fsp3) is 0.550. The van der Waals surface area contributed by atoms with Gasteiger partial charge in [0.05, 0.1) is 19.3 Å². The molecular weight excluding hydrogens is 348 g/mol. The molecule has 0 atom stereocenters. The van der Waals surface area contributed by atoms with Crippen LogP contribution in [0.1, 0.15) is 64.7 Å². The van der Waals surface area contributed by atoms with Crippen molar-refractivity contribution in [2.45, 2.75) is 70.4 Å². The van der Waals surface area contributed by atoms with Crippen LogP contribution in [0.4, 0.5) is 0 Å². The Morgan fingerprint density at radius 2 is 1.19 bits per heavy atom. The molecule has 0 rings (SSSR count). The largest absolute Gasteiger partial charge is 0.524 e. The molecule has 0 aliphatic carbocycles. The molecule has 1 radical (unpaired) electrons. The number of carbonyl (C=O) groups excluding carboxylic acids is 1. The number of rotatable bonds is 8. The zero-order valence-electron chi connectivity index (χ0n) is 15.3. The Morgan fingerprint density at radius 3 is 1.59 bits per heavy atom. The van der Waals surface area contributed by atoms with Gasteiger partial charge in [-0.05, 0) is 6.42 Å². The summed E-state index contributed by atoms with van der Waals surface area (Å²) in [7, 11) is 0. The summed E-state index contributed by atoms with van der Waals surface area (Å²) in [6, 6.07) is 0. The highest BCUT2D eigenvalue weighted by atomic mass is 16.7. The van der Waals surface area contributed by atoms with Crippen molar-refractivity contribution >= 4 is 6.29 Å². The maximum absolute atomic E-state index is 10.7. The van der Waals surface area contributed by atoms with Crippen LogP contribution in [-0.4, -0.2) is 21.8 Å². The second kappa shape index (κ2) is 15.0. The third-order valence-corrected chi connectivity index (χ3v) is 3.30. The summed E-state index contributed by atoms with van der Waals surface area (Å²) in [5, 5.41) is 21.4. The predicted molar refractivity (Wildman–Crippen MR) is 101 cm³/mol. The Labute approximate surface area is 159 Å². The van der Waals surface area contributed by atoms with Crippen LogP contribution in [0.5, 0.6) is 0 Å². The molecule has 0 unspecified atom stereocenters. The molecule has 0 fully saturated rings. The summed E-state index contributed by atoms with van der Waals surface area (Å²) >= 11 is 0.